The lowest BCUT2D eigenvalue weighted by atomic mass is 10.1. The predicted molar refractivity (Wildman–Crippen MR) is 132 cm³/mol. The third-order valence-corrected chi connectivity index (χ3v) is 5.99. The molecule has 0 saturated carbocycles. The number of amides is 2. The fourth-order valence-corrected chi connectivity index (χ4v) is 3.87. The third-order valence-electron chi connectivity index (χ3n) is 5.25. The number of ether oxygens (including phenoxy) is 1. The summed E-state index contributed by atoms with van der Waals surface area (Å²) < 4.78 is 69.8. The quantitative estimate of drug-likeness (QED) is 0.271. The standard InChI is InChI=1S/C23H22Cl2F5N5O3/c1-3-18(36)31-8-11-4-5-13(24)20(19(11)25)34-22-33-14-6-12(21(37)32-10-23(28,29)30)16(38-9-17(26)27)7-15(14)35(22)2/h4-7,17H,3,8-10H2,1-2H3,(H,31,36)(H,32,37)(H,33,34). The molecule has 0 atom stereocenters. The minimum Gasteiger partial charge on any atom is -0.487 e. The molecule has 0 unspecified atom stereocenters. The van der Waals surface area contributed by atoms with Crippen LogP contribution in [0.4, 0.5) is 33.6 Å². The van der Waals surface area contributed by atoms with Gasteiger partial charge in [0.2, 0.25) is 11.9 Å². The molecule has 8 nitrogen and oxygen atoms in total. The first-order valence-electron chi connectivity index (χ1n) is 11.1. The smallest absolute Gasteiger partial charge is 0.405 e. The third kappa shape index (κ3) is 7.16. The second kappa shape index (κ2) is 12.0. The molecular weight excluding hydrogens is 560 g/mol. The SMILES string of the molecule is CCC(=O)NCc1ccc(Cl)c(Nc2nc3cc(C(=O)NCC(F)(F)F)c(OCC(F)F)cc3n2C)c1Cl. The number of halogens is 7. The molecule has 0 fully saturated rings. The molecule has 0 aliphatic heterocycles. The molecule has 15 heteroatoms. The van der Waals surface area contributed by atoms with Crippen molar-refractivity contribution in [1.82, 2.24) is 20.2 Å². The normalized spacial score (nSPS) is 11.6. The van der Waals surface area contributed by atoms with Crippen molar-refractivity contribution in [3.8, 4) is 5.75 Å². The maximum atomic E-state index is 12.8. The molecule has 3 aromatic rings. The molecule has 1 aromatic heterocycles. The van der Waals surface area contributed by atoms with Gasteiger partial charge < -0.3 is 25.3 Å². The molecule has 2 aromatic carbocycles. The van der Waals surface area contributed by atoms with Gasteiger partial charge in [0, 0.05) is 26.1 Å². The highest BCUT2D eigenvalue weighted by Crippen LogP contribution is 2.36. The number of nitrogens with one attached hydrogen (secondary N) is 3. The number of carbonyl (C=O) groups is 2. The summed E-state index contributed by atoms with van der Waals surface area (Å²) in [7, 11) is 1.56. The van der Waals surface area contributed by atoms with Gasteiger partial charge in [0.1, 0.15) is 18.9 Å². The highest BCUT2D eigenvalue weighted by atomic mass is 35.5. The van der Waals surface area contributed by atoms with E-state index in [9.17, 15) is 31.5 Å². The van der Waals surface area contributed by atoms with Gasteiger partial charge in [0.05, 0.1) is 32.3 Å². The van der Waals surface area contributed by atoms with Crippen molar-refractivity contribution < 1.29 is 36.3 Å². The Labute approximate surface area is 223 Å². The van der Waals surface area contributed by atoms with E-state index in [1.807, 2.05) is 0 Å². The second-order valence-electron chi connectivity index (χ2n) is 7.98. The van der Waals surface area contributed by atoms with Gasteiger partial charge in [-0.15, -0.1) is 0 Å². The van der Waals surface area contributed by atoms with E-state index in [4.69, 9.17) is 27.9 Å². The van der Waals surface area contributed by atoms with Gasteiger partial charge in [-0.1, -0.05) is 36.2 Å². The Morgan fingerprint density at radius 1 is 1.16 bits per heavy atom. The number of rotatable bonds is 10. The first-order chi connectivity index (χ1) is 17.8. The number of anilines is 2. The minimum atomic E-state index is -4.68. The van der Waals surface area contributed by atoms with E-state index >= 15 is 0 Å². The highest BCUT2D eigenvalue weighted by molar-refractivity contribution is 6.39. The van der Waals surface area contributed by atoms with Gasteiger partial charge in [-0.05, 0) is 17.7 Å². The number of aryl methyl sites for hydroxylation is 1. The highest BCUT2D eigenvalue weighted by Gasteiger charge is 2.29. The largest absolute Gasteiger partial charge is 0.487 e. The fraction of sp³-hybridized carbons (Fsp3) is 0.348. The van der Waals surface area contributed by atoms with Crippen molar-refractivity contribution in [2.75, 3.05) is 18.5 Å². The molecule has 3 N–H and O–H groups in total. The molecule has 206 valence electrons. The Morgan fingerprint density at radius 2 is 1.87 bits per heavy atom. The van der Waals surface area contributed by atoms with Crippen LogP contribution < -0.4 is 20.7 Å². The fourth-order valence-electron chi connectivity index (χ4n) is 3.33. The number of hydrogen-bond acceptors (Lipinski definition) is 5. The molecule has 0 aliphatic carbocycles. The van der Waals surface area contributed by atoms with Crippen molar-refractivity contribution in [2.24, 2.45) is 7.05 Å². The number of aromatic nitrogens is 2. The van der Waals surface area contributed by atoms with E-state index in [-0.39, 0.29) is 51.8 Å². The van der Waals surface area contributed by atoms with Gasteiger partial charge in [-0.2, -0.15) is 13.2 Å². The van der Waals surface area contributed by atoms with Crippen LogP contribution in [0, 0.1) is 0 Å². The zero-order valence-corrected chi connectivity index (χ0v) is 21.5. The van der Waals surface area contributed by atoms with Crippen LogP contribution in [0.25, 0.3) is 11.0 Å². The first-order valence-corrected chi connectivity index (χ1v) is 11.8. The lowest BCUT2D eigenvalue weighted by Gasteiger charge is -2.14. The maximum absolute atomic E-state index is 12.8. The Hall–Kier alpha value is -3.32. The molecule has 1 heterocycles. The van der Waals surface area contributed by atoms with Crippen LogP contribution in [0.15, 0.2) is 24.3 Å². The van der Waals surface area contributed by atoms with Gasteiger partial charge in [0.15, 0.2) is 0 Å². The second-order valence-corrected chi connectivity index (χ2v) is 8.77. The summed E-state index contributed by atoms with van der Waals surface area (Å²) in [5, 5.41) is 7.79. The van der Waals surface area contributed by atoms with Crippen LogP contribution >= 0.6 is 23.2 Å². The summed E-state index contributed by atoms with van der Waals surface area (Å²) in [4.78, 5) is 28.4. The van der Waals surface area contributed by atoms with Crippen LogP contribution in [-0.2, 0) is 18.4 Å². The topological polar surface area (TPSA) is 97.3 Å². The number of imidazole rings is 1. The molecular formula is C23H22Cl2F5N5O3. The first kappa shape index (κ1) is 29.2. The number of carbonyl (C=O) groups excluding carboxylic acids is 2. The van der Waals surface area contributed by atoms with E-state index in [0.29, 0.717) is 11.1 Å². The molecule has 38 heavy (non-hydrogen) atoms. The van der Waals surface area contributed by atoms with Gasteiger partial charge in [-0.3, -0.25) is 9.59 Å². The summed E-state index contributed by atoms with van der Waals surface area (Å²) in [5.74, 6) is -1.55. The Balaban J connectivity index is 1.99. The molecule has 0 spiro atoms. The predicted octanol–water partition coefficient (Wildman–Crippen LogP) is 5.59. The van der Waals surface area contributed by atoms with Crippen molar-refractivity contribution >= 4 is 57.7 Å². The van der Waals surface area contributed by atoms with Gasteiger partial charge >= 0.3 is 6.18 Å². The molecule has 0 saturated heterocycles. The minimum absolute atomic E-state index is 0.140. The molecule has 0 aliphatic rings. The van der Waals surface area contributed by atoms with Crippen LogP contribution in [0.3, 0.4) is 0 Å². The van der Waals surface area contributed by atoms with Crippen molar-refractivity contribution in [3.05, 3.63) is 45.4 Å². The Bertz CT molecular complexity index is 1350. The molecule has 0 radical (unpaired) electrons. The van der Waals surface area contributed by atoms with Gasteiger partial charge in [-0.25, -0.2) is 13.8 Å². The maximum Gasteiger partial charge on any atom is 0.405 e. The Morgan fingerprint density at radius 3 is 2.50 bits per heavy atom. The summed E-state index contributed by atoms with van der Waals surface area (Å²) in [6, 6.07) is 5.55. The summed E-state index contributed by atoms with van der Waals surface area (Å²) in [6.45, 7) is -0.867. The van der Waals surface area contributed by atoms with E-state index < -0.39 is 37.2 Å². The molecule has 2 amide bonds. The zero-order valence-electron chi connectivity index (χ0n) is 20.0. The van der Waals surface area contributed by atoms with Crippen LogP contribution in [0.5, 0.6) is 5.75 Å². The van der Waals surface area contributed by atoms with E-state index in [1.165, 1.54) is 10.6 Å². The number of alkyl halides is 5. The van der Waals surface area contributed by atoms with Crippen molar-refractivity contribution in [2.45, 2.75) is 32.5 Å². The lowest BCUT2D eigenvalue weighted by molar-refractivity contribution is -0.123. The number of nitrogens with zero attached hydrogens (tertiary/aromatic N) is 2. The van der Waals surface area contributed by atoms with Crippen LogP contribution in [0.1, 0.15) is 29.3 Å². The summed E-state index contributed by atoms with van der Waals surface area (Å²) in [6.07, 6.45) is -7.28. The summed E-state index contributed by atoms with van der Waals surface area (Å²) in [5.41, 5.74) is 0.868. The van der Waals surface area contributed by atoms with Crippen molar-refractivity contribution in [1.29, 1.82) is 0 Å². The van der Waals surface area contributed by atoms with Crippen molar-refractivity contribution in [3.63, 3.8) is 0 Å². The number of fused-ring (bicyclic) bond motifs is 1. The number of hydrogen-bond donors (Lipinski definition) is 3. The van der Waals surface area contributed by atoms with Crippen LogP contribution in [-0.4, -0.2) is 47.1 Å². The molecule has 0 bridgehead atoms. The Kier molecular flexibility index (Phi) is 9.26. The van der Waals surface area contributed by atoms with Gasteiger partial charge in [0.25, 0.3) is 12.3 Å². The monoisotopic (exact) mass is 581 g/mol. The lowest BCUT2D eigenvalue weighted by Crippen LogP contribution is -2.34. The number of benzene rings is 2. The summed E-state index contributed by atoms with van der Waals surface area (Å²) >= 11 is 12.8. The molecule has 3 rings (SSSR count). The van der Waals surface area contributed by atoms with E-state index in [2.05, 4.69) is 15.6 Å². The average Bonchev–Trinajstić information content (AvgIpc) is 3.16. The average molecular weight is 582 g/mol. The van der Waals surface area contributed by atoms with E-state index in [1.54, 1.807) is 31.4 Å². The van der Waals surface area contributed by atoms with E-state index in [0.717, 1.165) is 6.07 Å². The zero-order chi connectivity index (χ0) is 28.2. The van der Waals surface area contributed by atoms with Crippen LogP contribution in [0.2, 0.25) is 10.0 Å².